The number of nitrogens with one attached hydrogen (secondary N) is 2. The molecule has 0 spiro atoms. The lowest BCUT2D eigenvalue weighted by Crippen LogP contribution is -2.36. The predicted octanol–water partition coefficient (Wildman–Crippen LogP) is 4.85. The van der Waals surface area contributed by atoms with Crippen molar-refractivity contribution in [1.29, 1.82) is 0 Å². The molecule has 0 aliphatic heterocycles. The third-order valence-corrected chi connectivity index (χ3v) is 4.85. The standard InChI is InChI=1S/C25H26N2O3/c1-16-7-5-8-20(13-16)24(28)27-23(15-21-9-6-12-30-21)25(29)26-19(4)22-14-17(2)10-11-18(22)3/h5-15,19H,1-4H3,(H,26,29)(H,27,28)/b23-15-. The monoisotopic (exact) mass is 402 g/mol. The maximum atomic E-state index is 13.0. The summed E-state index contributed by atoms with van der Waals surface area (Å²) in [5, 5.41) is 5.71. The van der Waals surface area contributed by atoms with Crippen LogP contribution in [-0.4, -0.2) is 11.8 Å². The third-order valence-electron chi connectivity index (χ3n) is 4.85. The molecule has 0 saturated carbocycles. The van der Waals surface area contributed by atoms with Crippen LogP contribution in [0.25, 0.3) is 6.08 Å². The molecule has 3 aromatic rings. The van der Waals surface area contributed by atoms with Crippen LogP contribution in [0.15, 0.2) is 71.0 Å². The largest absolute Gasteiger partial charge is 0.465 e. The van der Waals surface area contributed by atoms with Crippen molar-refractivity contribution in [2.24, 2.45) is 0 Å². The van der Waals surface area contributed by atoms with E-state index in [1.807, 2.05) is 52.0 Å². The Morgan fingerprint density at radius 1 is 0.967 bits per heavy atom. The number of rotatable bonds is 6. The highest BCUT2D eigenvalue weighted by atomic mass is 16.3. The highest BCUT2D eigenvalue weighted by molar-refractivity contribution is 6.05. The Morgan fingerprint density at radius 3 is 2.43 bits per heavy atom. The molecule has 0 aliphatic carbocycles. The molecule has 2 aromatic carbocycles. The number of amides is 2. The lowest BCUT2D eigenvalue weighted by Gasteiger charge is -2.19. The van der Waals surface area contributed by atoms with Gasteiger partial charge in [0.05, 0.1) is 12.3 Å². The minimum absolute atomic E-state index is 0.119. The second kappa shape index (κ2) is 9.27. The van der Waals surface area contributed by atoms with Crippen LogP contribution in [0.4, 0.5) is 0 Å². The molecule has 1 heterocycles. The van der Waals surface area contributed by atoms with E-state index >= 15 is 0 Å². The van der Waals surface area contributed by atoms with Gasteiger partial charge in [-0.1, -0.05) is 41.5 Å². The Labute approximate surface area is 176 Å². The van der Waals surface area contributed by atoms with Crippen LogP contribution in [-0.2, 0) is 4.79 Å². The second-order valence-corrected chi connectivity index (χ2v) is 7.45. The molecule has 5 nitrogen and oxygen atoms in total. The average molecular weight is 402 g/mol. The summed E-state index contributed by atoms with van der Waals surface area (Å²) in [6.45, 7) is 7.86. The summed E-state index contributed by atoms with van der Waals surface area (Å²) >= 11 is 0. The first-order valence-electron chi connectivity index (χ1n) is 9.84. The van der Waals surface area contributed by atoms with Gasteiger partial charge in [-0.15, -0.1) is 0 Å². The molecule has 1 atom stereocenters. The van der Waals surface area contributed by atoms with E-state index in [4.69, 9.17) is 4.42 Å². The zero-order chi connectivity index (χ0) is 21.7. The van der Waals surface area contributed by atoms with Gasteiger partial charge in [0.1, 0.15) is 11.5 Å². The summed E-state index contributed by atoms with van der Waals surface area (Å²) in [4.78, 5) is 25.8. The van der Waals surface area contributed by atoms with Crippen molar-refractivity contribution < 1.29 is 14.0 Å². The van der Waals surface area contributed by atoms with Crippen molar-refractivity contribution in [2.75, 3.05) is 0 Å². The highest BCUT2D eigenvalue weighted by Crippen LogP contribution is 2.19. The van der Waals surface area contributed by atoms with Crippen molar-refractivity contribution >= 4 is 17.9 Å². The van der Waals surface area contributed by atoms with Gasteiger partial charge >= 0.3 is 0 Å². The Kier molecular flexibility index (Phi) is 6.52. The zero-order valence-corrected chi connectivity index (χ0v) is 17.7. The van der Waals surface area contributed by atoms with Crippen LogP contribution in [0.2, 0.25) is 0 Å². The Bertz CT molecular complexity index is 1080. The molecule has 0 fully saturated rings. The van der Waals surface area contributed by atoms with Crippen LogP contribution >= 0.6 is 0 Å². The molecule has 30 heavy (non-hydrogen) atoms. The smallest absolute Gasteiger partial charge is 0.268 e. The van der Waals surface area contributed by atoms with Gasteiger partial charge in [-0.25, -0.2) is 0 Å². The van der Waals surface area contributed by atoms with Crippen LogP contribution in [0.5, 0.6) is 0 Å². The van der Waals surface area contributed by atoms with E-state index in [-0.39, 0.29) is 23.6 Å². The van der Waals surface area contributed by atoms with Gasteiger partial charge in [-0.05, 0) is 63.1 Å². The topological polar surface area (TPSA) is 71.3 Å². The molecule has 1 unspecified atom stereocenters. The van der Waals surface area contributed by atoms with E-state index in [1.54, 1.807) is 24.3 Å². The minimum Gasteiger partial charge on any atom is -0.465 e. The fourth-order valence-electron chi connectivity index (χ4n) is 3.23. The number of benzene rings is 2. The molecular formula is C25H26N2O3. The van der Waals surface area contributed by atoms with Gasteiger partial charge in [-0.3, -0.25) is 9.59 Å². The fraction of sp³-hybridized carbons (Fsp3) is 0.200. The van der Waals surface area contributed by atoms with E-state index in [1.165, 1.54) is 12.3 Å². The number of furan rings is 1. The molecule has 2 N–H and O–H groups in total. The minimum atomic E-state index is -0.388. The van der Waals surface area contributed by atoms with Crippen molar-refractivity contribution in [3.63, 3.8) is 0 Å². The summed E-state index contributed by atoms with van der Waals surface area (Å²) in [5.74, 6) is -0.268. The molecular weight excluding hydrogens is 376 g/mol. The third kappa shape index (κ3) is 5.26. The number of carbonyl (C=O) groups is 2. The molecule has 5 heteroatoms. The molecule has 0 bridgehead atoms. The van der Waals surface area contributed by atoms with Gasteiger partial charge in [0.2, 0.25) is 0 Å². The number of hydrogen-bond acceptors (Lipinski definition) is 3. The first-order valence-corrected chi connectivity index (χ1v) is 9.84. The molecule has 154 valence electrons. The predicted molar refractivity (Wildman–Crippen MR) is 118 cm³/mol. The van der Waals surface area contributed by atoms with Gasteiger partial charge in [0.15, 0.2) is 0 Å². The summed E-state index contributed by atoms with van der Waals surface area (Å²) in [6, 6.07) is 16.6. The Morgan fingerprint density at radius 2 is 1.73 bits per heavy atom. The van der Waals surface area contributed by atoms with Crippen LogP contribution in [0.3, 0.4) is 0 Å². The normalized spacial score (nSPS) is 12.3. The average Bonchev–Trinajstić information content (AvgIpc) is 3.22. The maximum absolute atomic E-state index is 13.0. The van der Waals surface area contributed by atoms with E-state index in [0.29, 0.717) is 11.3 Å². The zero-order valence-electron chi connectivity index (χ0n) is 17.7. The highest BCUT2D eigenvalue weighted by Gasteiger charge is 2.19. The molecule has 3 rings (SSSR count). The number of carbonyl (C=O) groups excluding carboxylic acids is 2. The van der Waals surface area contributed by atoms with Gasteiger partial charge in [0.25, 0.3) is 11.8 Å². The Hall–Kier alpha value is -3.60. The number of aryl methyl sites for hydroxylation is 3. The van der Waals surface area contributed by atoms with Gasteiger partial charge in [-0.2, -0.15) is 0 Å². The molecule has 0 radical (unpaired) electrons. The van der Waals surface area contributed by atoms with Gasteiger partial charge < -0.3 is 15.1 Å². The van der Waals surface area contributed by atoms with E-state index < -0.39 is 0 Å². The molecule has 0 aliphatic rings. The molecule has 1 aromatic heterocycles. The van der Waals surface area contributed by atoms with Crippen LogP contribution in [0, 0.1) is 20.8 Å². The van der Waals surface area contributed by atoms with Gasteiger partial charge in [0, 0.05) is 11.6 Å². The SMILES string of the molecule is Cc1cccc(C(=O)N/C(=C\c2ccco2)C(=O)NC(C)c2cc(C)ccc2C)c1. The lowest BCUT2D eigenvalue weighted by atomic mass is 10.00. The van der Waals surface area contributed by atoms with Crippen molar-refractivity contribution in [3.8, 4) is 0 Å². The lowest BCUT2D eigenvalue weighted by molar-refractivity contribution is -0.118. The van der Waals surface area contributed by atoms with Crippen molar-refractivity contribution in [2.45, 2.75) is 33.7 Å². The summed E-state index contributed by atoms with van der Waals surface area (Å²) in [5.41, 5.74) is 4.81. The summed E-state index contributed by atoms with van der Waals surface area (Å²) in [7, 11) is 0. The summed E-state index contributed by atoms with van der Waals surface area (Å²) < 4.78 is 5.34. The fourth-order valence-corrected chi connectivity index (χ4v) is 3.23. The van der Waals surface area contributed by atoms with E-state index in [9.17, 15) is 9.59 Å². The molecule has 0 saturated heterocycles. The quantitative estimate of drug-likeness (QED) is 0.579. The second-order valence-electron chi connectivity index (χ2n) is 7.45. The number of hydrogen-bond donors (Lipinski definition) is 2. The van der Waals surface area contributed by atoms with Crippen molar-refractivity contribution in [3.05, 3.63) is 100 Å². The first-order chi connectivity index (χ1) is 14.3. The maximum Gasteiger partial charge on any atom is 0.268 e. The van der Waals surface area contributed by atoms with Crippen LogP contribution in [0.1, 0.15) is 51.3 Å². The first kappa shape index (κ1) is 21.1. The summed E-state index contributed by atoms with van der Waals surface area (Å²) in [6.07, 6.45) is 3.04. The van der Waals surface area contributed by atoms with E-state index in [0.717, 1.165) is 22.3 Å². The molecule has 2 amide bonds. The Balaban J connectivity index is 1.84. The van der Waals surface area contributed by atoms with Crippen LogP contribution < -0.4 is 10.6 Å². The van der Waals surface area contributed by atoms with Crippen molar-refractivity contribution in [1.82, 2.24) is 10.6 Å². The van der Waals surface area contributed by atoms with E-state index in [2.05, 4.69) is 16.7 Å².